The Morgan fingerprint density at radius 3 is 1.63 bits per heavy atom. The number of unbranched alkanes of at least 4 members (excludes halogenated alkanes) is 3. The number of carbonyl (C=O) groups is 3. The Kier molecular flexibility index (Phi) is 11.1. The Balaban J connectivity index is 1.38. The molecule has 7 heteroatoms. The van der Waals surface area contributed by atoms with Gasteiger partial charge < -0.3 is 18.9 Å². The van der Waals surface area contributed by atoms with Crippen LogP contribution in [-0.4, -0.2) is 31.1 Å². The summed E-state index contributed by atoms with van der Waals surface area (Å²) in [6.07, 6.45) is 5.63. The summed E-state index contributed by atoms with van der Waals surface area (Å²) < 4.78 is 21.5. The molecule has 0 aromatic heterocycles. The molecule has 0 aliphatic carbocycles. The molecule has 0 amide bonds. The number of benzene rings is 3. The predicted octanol–water partition coefficient (Wildman–Crippen LogP) is 6.36. The first-order chi connectivity index (χ1) is 18.5. The molecule has 0 N–H and O–H groups in total. The predicted molar refractivity (Wildman–Crippen MR) is 144 cm³/mol. The summed E-state index contributed by atoms with van der Waals surface area (Å²) in [6, 6.07) is 20.3. The Morgan fingerprint density at radius 1 is 0.658 bits per heavy atom. The molecule has 0 saturated carbocycles. The highest BCUT2D eigenvalue weighted by atomic mass is 16.5. The van der Waals surface area contributed by atoms with E-state index in [-0.39, 0.29) is 0 Å². The van der Waals surface area contributed by atoms with E-state index >= 15 is 0 Å². The van der Waals surface area contributed by atoms with Crippen molar-refractivity contribution in [2.24, 2.45) is 0 Å². The molecule has 3 rings (SSSR count). The van der Waals surface area contributed by atoms with E-state index in [0.29, 0.717) is 41.6 Å². The molecular weight excluding hydrogens is 484 g/mol. The van der Waals surface area contributed by atoms with Crippen molar-refractivity contribution in [1.29, 1.82) is 0 Å². The van der Waals surface area contributed by atoms with Gasteiger partial charge in [0.05, 0.1) is 24.3 Å². The van der Waals surface area contributed by atoms with Crippen molar-refractivity contribution in [2.75, 3.05) is 13.2 Å². The van der Waals surface area contributed by atoms with Crippen LogP contribution in [0.2, 0.25) is 0 Å². The summed E-state index contributed by atoms with van der Waals surface area (Å²) in [5.41, 5.74) is 2.00. The van der Waals surface area contributed by atoms with E-state index in [1.54, 1.807) is 60.7 Å². The topological polar surface area (TPSA) is 88.1 Å². The van der Waals surface area contributed by atoms with Gasteiger partial charge in [-0.3, -0.25) is 0 Å². The van der Waals surface area contributed by atoms with E-state index in [4.69, 9.17) is 18.9 Å². The molecule has 0 aliphatic rings. The second kappa shape index (κ2) is 15.0. The molecule has 3 aromatic rings. The van der Waals surface area contributed by atoms with Crippen LogP contribution in [0.4, 0.5) is 0 Å². The van der Waals surface area contributed by atoms with Gasteiger partial charge in [-0.1, -0.05) is 25.6 Å². The third-order valence-corrected chi connectivity index (χ3v) is 5.65. The van der Waals surface area contributed by atoms with Crippen LogP contribution in [-0.2, 0) is 16.0 Å². The molecule has 0 bridgehead atoms. The minimum Gasteiger partial charge on any atom is -0.494 e. The molecule has 0 spiro atoms. The van der Waals surface area contributed by atoms with E-state index in [2.05, 4.69) is 6.58 Å². The average Bonchev–Trinajstić information content (AvgIpc) is 2.95. The molecule has 0 saturated heterocycles. The van der Waals surface area contributed by atoms with Crippen LogP contribution >= 0.6 is 0 Å². The molecule has 0 aliphatic heterocycles. The number of rotatable bonds is 14. The monoisotopic (exact) mass is 516 g/mol. The molecule has 0 fully saturated rings. The number of esters is 3. The van der Waals surface area contributed by atoms with Gasteiger partial charge in [-0.05, 0) is 98.3 Å². The Bertz CT molecular complexity index is 1200. The van der Waals surface area contributed by atoms with E-state index in [1.165, 1.54) is 0 Å². The number of hydrogen-bond donors (Lipinski definition) is 0. The van der Waals surface area contributed by atoms with E-state index in [0.717, 1.165) is 43.7 Å². The molecule has 0 atom stereocenters. The van der Waals surface area contributed by atoms with Crippen molar-refractivity contribution >= 4 is 17.9 Å². The highest BCUT2D eigenvalue weighted by Crippen LogP contribution is 2.21. The van der Waals surface area contributed by atoms with Crippen LogP contribution < -0.4 is 14.2 Å². The maximum atomic E-state index is 12.5. The first kappa shape index (κ1) is 28.2. The van der Waals surface area contributed by atoms with Gasteiger partial charge in [-0.15, -0.1) is 0 Å². The minimum absolute atomic E-state index is 0.335. The zero-order chi connectivity index (χ0) is 27.2. The van der Waals surface area contributed by atoms with Gasteiger partial charge in [0, 0.05) is 6.08 Å². The van der Waals surface area contributed by atoms with Crippen LogP contribution in [0.25, 0.3) is 0 Å². The molecule has 0 heterocycles. The largest absolute Gasteiger partial charge is 0.494 e. The lowest BCUT2D eigenvalue weighted by atomic mass is 10.1. The van der Waals surface area contributed by atoms with Gasteiger partial charge in [-0.25, -0.2) is 14.4 Å². The van der Waals surface area contributed by atoms with Crippen LogP contribution in [0.5, 0.6) is 17.2 Å². The van der Waals surface area contributed by atoms with Crippen LogP contribution in [0.3, 0.4) is 0 Å². The fourth-order valence-electron chi connectivity index (χ4n) is 3.45. The fraction of sp³-hybridized carbons (Fsp3) is 0.258. The SMILES string of the molecule is C=CC(=O)OCCCCCCOc1ccc(C(=O)Oc2ccc(OC(=O)c3ccc(CC)cc3)cc2)cc1. The fourth-order valence-corrected chi connectivity index (χ4v) is 3.45. The van der Waals surface area contributed by atoms with Gasteiger partial charge in [0.1, 0.15) is 17.2 Å². The molecule has 3 aromatic carbocycles. The quantitative estimate of drug-likeness (QED) is 0.107. The molecule has 0 radical (unpaired) electrons. The summed E-state index contributed by atoms with van der Waals surface area (Å²) in [7, 11) is 0. The van der Waals surface area contributed by atoms with Gasteiger partial charge in [0.25, 0.3) is 0 Å². The lowest BCUT2D eigenvalue weighted by Crippen LogP contribution is -2.09. The number of hydrogen-bond acceptors (Lipinski definition) is 7. The third-order valence-electron chi connectivity index (χ3n) is 5.65. The summed E-state index contributed by atoms with van der Waals surface area (Å²) in [5, 5.41) is 0. The summed E-state index contributed by atoms with van der Waals surface area (Å²) >= 11 is 0. The summed E-state index contributed by atoms with van der Waals surface area (Å²) in [6.45, 7) is 6.35. The normalized spacial score (nSPS) is 10.3. The van der Waals surface area contributed by atoms with Gasteiger partial charge >= 0.3 is 17.9 Å². The maximum Gasteiger partial charge on any atom is 0.343 e. The Hall–Kier alpha value is -4.39. The van der Waals surface area contributed by atoms with Crippen LogP contribution in [0, 0.1) is 0 Å². The van der Waals surface area contributed by atoms with Crippen LogP contribution in [0.15, 0.2) is 85.5 Å². The van der Waals surface area contributed by atoms with E-state index < -0.39 is 17.9 Å². The smallest absolute Gasteiger partial charge is 0.343 e. The summed E-state index contributed by atoms with van der Waals surface area (Å²) in [4.78, 5) is 35.8. The van der Waals surface area contributed by atoms with Crippen molar-refractivity contribution < 1.29 is 33.3 Å². The number of carbonyl (C=O) groups excluding carboxylic acids is 3. The first-order valence-electron chi connectivity index (χ1n) is 12.6. The standard InChI is InChI=1S/C31H32O7/c1-3-23-9-11-24(12-10-23)30(33)37-27-17-19-28(20-18-27)38-31(34)25-13-15-26(16-14-25)35-21-7-5-6-8-22-36-29(32)4-2/h4,9-20H,2-3,5-8,21-22H2,1H3. The lowest BCUT2D eigenvalue weighted by molar-refractivity contribution is -0.137. The third kappa shape index (κ3) is 9.24. The van der Waals surface area contributed by atoms with E-state index in [9.17, 15) is 14.4 Å². The van der Waals surface area contributed by atoms with Gasteiger partial charge in [0.15, 0.2) is 0 Å². The number of aryl methyl sites for hydroxylation is 1. The zero-order valence-corrected chi connectivity index (χ0v) is 21.5. The number of ether oxygens (including phenoxy) is 4. The van der Waals surface area contributed by atoms with E-state index in [1.807, 2.05) is 19.1 Å². The van der Waals surface area contributed by atoms with Crippen molar-refractivity contribution in [2.45, 2.75) is 39.0 Å². The van der Waals surface area contributed by atoms with Gasteiger partial charge in [0.2, 0.25) is 0 Å². The van der Waals surface area contributed by atoms with Gasteiger partial charge in [-0.2, -0.15) is 0 Å². The van der Waals surface area contributed by atoms with Crippen molar-refractivity contribution in [1.82, 2.24) is 0 Å². The molecule has 0 unspecified atom stereocenters. The molecule has 198 valence electrons. The Labute approximate surface area is 223 Å². The molecule has 7 nitrogen and oxygen atoms in total. The first-order valence-corrected chi connectivity index (χ1v) is 12.6. The summed E-state index contributed by atoms with van der Waals surface area (Å²) in [5.74, 6) is -0.00269. The molecular formula is C31H32O7. The van der Waals surface area contributed by atoms with Crippen molar-refractivity contribution in [3.05, 3.63) is 102 Å². The van der Waals surface area contributed by atoms with Crippen molar-refractivity contribution in [3.8, 4) is 17.2 Å². The van der Waals surface area contributed by atoms with Crippen LogP contribution in [0.1, 0.15) is 58.9 Å². The van der Waals surface area contributed by atoms with Crippen molar-refractivity contribution in [3.63, 3.8) is 0 Å². The minimum atomic E-state index is -0.505. The lowest BCUT2D eigenvalue weighted by Gasteiger charge is -2.09. The molecule has 38 heavy (non-hydrogen) atoms. The Morgan fingerprint density at radius 2 is 1.13 bits per heavy atom. The highest BCUT2D eigenvalue weighted by molar-refractivity contribution is 5.92. The zero-order valence-electron chi connectivity index (χ0n) is 21.5. The second-order valence-corrected chi connectivity index (χ2v) is 8.46. The highest BCUT2D eigenvalue weighted by Gasteiger charge is 2.11. The maximum absolute atomic E-state index is 12.5. The second-order valence-electron chi connectivity index (χ2n) is 8.46. The average molecular weight is 517 g/mol.